The van der Waals surface area contributed by atoms with E-state index in [0.717, 1.165) is 0 Å². The summed E-state index contributed by atoms with van der Waals surface area (Å²) in [5.41, 5.74) is -5.30. The number of halogens is 6. The first-order valence-corrected chi connectivity index (χ1v) is 9.96. The Morgan fingerprint density at radius 2 is 1.75 bits per heavy atom. The molecule has 0 aromatic heterocycles. The van der Waals surface area contributed by atoms with Crippen molar-refractivity contribution in [1.29, 1.82) is 0 Å². The van der Waals surface area contributed by atoms with Gasteiger partial charge in [0.25, 0.3) is 0 Å². The molecule has 166 valence electrons. The first-order valence-electron chi connectivity index (χ1n) is 8.52. The molecule has 7 nitrogen and oxygen atoms in total. The molecule has 0 bridgehead atoms. The highest BCUT2D eigenvalue weighted by molar-refractivity contribution is 7.90. The summed E-state index contributed by atoms with van der Waals surface area (Å²) in [7, 11) is -3.80. The van der Waals surface area contributed by atoms with Crippen LogP contribution in [0.4, 0.5) is 26.3 Å². The second kappa shape index (κ2) is 10.5. The zero-order valence-corrected chi connectivity index (χ0v) is 16.1. The highest BCUT2D eigenvalue weighted by atomic mass is 32.2. The van der Waals surface area contributed by atoms with Gasteiger partial charge in [-0.2, -0.15) is 30.6 Å². The van der Waals surface area contributed by atoms with Crippen molar-refractivity contribution in [2.75, 3.05) is 46.4 Å². The smallest absolute Gasteiger partial charge is 0.372 e. The molecule has 14 heteroatoms. The second-order valence-electron chi connectivity index (χ2n) is 6.19. The number of hydrogen-bond donors (Lipinski definition) is 2. The van der Waals surface area contributed by atoms with Crippen LogP contribution in [0.15, 0.2) is 4.99 Å². The van der Waals surface area contributed by atoms with E-state index in [4.69, 9.17) is 0 Å². The van der Waals surface area contributed by atoms with Crippen LogP contribution >= 0.6 is 0 Å². The average Bonchev–Trinajstić information content (AvgIpc) is 2.59. The maximum absolute atomic E-state index is 12.5. The minimum atomic E-state index is -5.30. The van der Waals surface area contributed by atoms with Crippen LogP contribution in [0.2, 0.25) is 0 Å². The first kappa shape index (κ1) is 24.8. The number of ether oxygens (including phenoxy) is 1. The van der Waals surface area contributed by atoms with Crippen molar-refractivity contribution in [2.45, 2.75) is 30.9 Å². The summed E-state index contributed by atoms with van der Waals surface area (Å²) in [4.78, 5) is 3.93. The fourth-order valence-electron chi connectivity index (χ4n) is 2.53. The third-order valence-corrected chi connectivity index (χ3v) is 5.64. The Bertz CT molecular complexity index is 601. The van der Waals surface area contributed by atoms with Gasteiger partial charge >= 0.3 is 21.7 Å². The highest BCUT2D eigenvalue weighted by Gasteiger charge is 2.50. The number of nitrogens with zero attached hydrogens (tertiary/aromatic N) is 2. The summed E-state index contributed by atoms with van der Waals surface area (Å²) in [6.45, 7) is -1.10. The minimum Gasteiger partial charge on any atom is -0.372 e. The summed E-state index contributed by atoms with van der Waals surface area (Å²) >= 11 is 0. The standard InChI is InChI=1S/C14H24F6N4O3S/c1-21-12(22-5-2-8-27-10-13(15,16)17)23-9-11-3-6-24(7-4-11)28(25,26)14(18,19)20/h11H,2-10H2,1H3,(H2,21,22,23). The number of alkyl halides is 6. The van der Waals surface area contributed by atoms with E-state index in [-0.39, 0.29) is 38.5 Å². The van der Waals surface area contributed by atoms with Crippen LogP contribution in [0.3, 0.4) is 0 Å². The Kier molecular flexibility index (Phi) is 9.27. The molecule has 0 aromatic rings. The zero-order chi connectivity index (χ0) is 21.4. The number of nitrogens with one attached hydrogen (secondary N) is 2. The molecule has 0 aromatic carbocycles. The molecule has 0 amide bonds. The van der Waals surface area contributed by atoms with Crippen LogP contribution in [0.5, 0.6) is 0 Å². The highest BCUT2D eigenvalue weighted by Crippen LogP contribution is 2.30. The van der Waals surface area contributed by atoms with Crippen LogP contribution in [0.25, 0.3) is 0 Å². The fraction of sp³-hybridized carbons (Fsp3) is 0.929. The van der Waals surface area contributed by atoms with Gasteiger partial charge in [-0.25, -0.2) is 8.42 Å². The van der Waals surface area contributed by atoms with E-state index in [1.165, 1.54) is 7.05 Å². The molecular formula is C14H24F6N4O3S. The normalized spacial score (nSPS) is 18.3. The summed E-state index contributed by atoms with van der Waals surface area (Å²) in [5.74, 6) is 0.356. The predicted molar refractivity (Wildman–Crippen MR) is 90.1 cm³/mol. The molecule has 0 aliphatic carbocycles. The summed E-state index contributed by atoms with van der Waals surface area (Å²) < 4.78 is 101. The molecular weight excluding hydrogens is 418 g/mol. The van der Waals surface area contributed by atoms with E-state index < -0.39 is 28.3 Å². The third-order valence-electron chi connectivity index (χ3n) is 4.01. The summed E-state index contributed by atoms with van der Waals surface area (Å²) in [5, 5.41) is 5.85. The van der Waals surface area contributed by atoms with Gasteiger partial charge in [-0.1, -0.05) is 0 Å². The van der Waals surface area contributed by atoms with E-state index >= 15 is 0 Å². The van der Waals surface area contributed by atoms with Crippen LogP contribution in [0.1, 0.15) is 19.3 Å². The molecule has 1 heterocycles. The maximum atomic E-state index is 12.5. The quantitative estimate of drug-likeness (QED) is 0.259. The van der Waals surface area contributed by atoms with E-state index in [2.05, 4.69) is 20.4 Å². The lowest BCUT2D eigenvalue weighted by Gasteiger charge is -2.31. The van der Waals surface area contributed by atoms with Gasteiger partial charge in [-0.05, 0) is 25.2 Å². The largest absolute Gasteiger partial charge is 0.511 e. The van der Waals surface area contributed by atoms with Crippen molar-refractivity contribution < 1.29 is 39.5 Å². The first-order chi connectivity index (χ1) is 12.9. The van der Waals surface area contributed by atoms with Crippen molar-refractivity contribution in [3.63, 3.8) is 0 Å². The molecule has 0 spiro atoms. The van der Waals surface area contributed by atoms with Gasteiger partial charge in [0.2, 0.25) is 0 Å². The molecule has 1 aliphatic rings. The van der Waals surface area contributed by atoms with Crippen LogP contribution in [-0.2, 0) is 14.8 Å². The number of rotatable bonds is 8. The van der Waals surface area contributed by atoms with Gasteiger partial charge < -0.3 is 15.4 Å². The minimum absolute atomic E-state index is 0.0339. The molecule has 1 saturated heterocycles. The molecule has 1 fully saturated rings. The van der Waals surface area contributed by atoms with Crippen LogP contribution in [0, 0.1) is 5.92 Å². The predicted octanol–water partition coefficient (Wildman–Crippen LogP) is 1.68. The molecule has 2 N–H and O–H groups in total. The molecule has 0 radical (unpaired) electrons. The Morgan fingerprint density at radius 3 is 2.25 bits per heavy atom. The van der Waals surface area contributed by atoms with Gasteiger partial charge in [0, 0.05) is 39.8 Å². The van der Waals surface area contributed by atoms with Crippen molar-refractivity contribution in [2.24, 2.45) is 10.9 Å². The third kappa shape index (κ3) is 8.39. The van der Waals surface area contributed by atoms with Gasteiger partial charge in [0.05, 0.1) is 0 Å². The lowest BCUT2D eigenvalue weighted by Crippen LogP contribution is -2.47. The van der Waals surface area contributed by atoms with E-state index in [9.17, 15) is 34.8 Å². The molecule has 28 heavy (non-hydrogen) atoms. The van der Waals surface area contributed by atoms with Crippen LogP contribution in [-0.4, -0.2) is 76.8 Å². The van der Waals surface area contributed by atoms with E-state index in [1.54, 1.807) is 0 Å². The number of sulfonamides is 1. The molecule has 0 atom stereocenters. The van der Waals surface area contributed by atoms with E-state index in [0.29, 0.717) is 29.8 Å². The second-order valence-corrected chi connectivity index (χ2v) is 8.12. The molecule has 0 saturated carbocycles. The van der Waals surface area contributed by atoms with Gasteiger partial charge in [0.15, 0.2) is 5.96 Å². The number of piperidine rings is 1. The van der Waals surface area contributed by atoms with Crippen molar-refractivity contribution in [1.82, 2.24) is 14.9 Å². The van der Waals surface area contributed by atoms with Gasteiger partial charge in [-0.3, -0.25) is 4.99 Å². The monoisotopic (exact) mass is 442 g/mol. The van der Waals surface area contributed by atoms with Crippen LogP contribution < -0.4 is 10.6 Å². The Morgan fingerprint density at radius 1 is 1.14 bits per heavy atom. The van der Waals surface area contributed by atoms with Crippen molar-refractivity contribution in [3.8, 4) is 0 Å². The SMILES string of the molecule is CN=C(NCCCOCC(F)(F)F)NCC1CCN(S(=O)(=O)C(F)(F)F)CC1. The maximum Gasteiger partial charge on any atom is 0.511 e. The lowest BCUT2D eigenvalue weighted by atomic mass is 9.98. The molecule has 1 aliphatic heterocycles. The van der Waals surface area contributed by atoms with Gasteiger partial charge in [-0.15, -0.1) is 0 Å². The summed E-state index contributed by atoms with van der Waals surface area (Å²) in [6.07, 6.45) is -3.50. The number of aliphatic imine (C=N–C) groups is 1. The van der Waals surface area contributed by atoms with Crippen molar-refractivity contribution in [3.05, 3.63) is 0 Å². The molecule has 1 rings (SSSR count). The number of guanidine groups is 1. The van der Waals surface area contributed by atoms with Crippen molar-refractivity contribution >= 4 is 16.0 Å². The number of hydrogen-bond acceptors (Lipinski definition) is 4. The van der Waals surface area contributed by atoms with Gasteiger partial charge in [0.1, 0.15) is 6.61 Å². The van der Waals surface area contributed by atoms with E-state index in [1.807, 2.05) is 0 Å². The average molecular weight is 442 g/mol. The topological polar surface area (TPSA) is 83.0 Å². The Balaban J connectivity index is 2.25. The zero-order valence-electron chi connectivity index (χ0n) is 15.2. The molecule has 0 unspecified atom stereocenters. The summed E-state index contributed by atoms with van der Waals surface area (Å²) in [6, 6.07) is 0. The Hall–Kier alpha value is -1.28. The fourth-order valence-corrected chi connectivity index (χ4v) is 3.51. The Labute approximate surface area is 159 Å². The lowest BCUT2D eigenvalue weighted by molar-refractivity contribution is -0.173.